The summed E-state index contributed by atoms with van der Waals surface area (Å²) in [6.07, 6.45) is 1.05. The first-order chi connectivity index (χ1) is 6.24. The molecule has 1 amide bonds. The Morgan fingerprint density at radius 1 is 1.38 bits per heavy atom. The molecular formula is C9H21N3O. The predicted molar refractivity (Wildman–Crippen MR) is 54.5 cm³/mol. The predicted octanol–water partition coefficient (Wildman–Crippen LogP) is -0.207. The van der Waals surface area contributed by atoms with Gasteiger partial charge in [0.2, 0.25) is 5.91 Å². The van der Waals surface area contributed by atoms with Crippen molar-refractivity contribution in [2.24, 2.45) is 5.73 Å². The molecule has 0 aliphatic heterocycles. The van der Waals surface area contributed by atoms with Crippen LogP contribution in [0.15, 0.2) is 0 Å². The average Bonchev–Trinajstić information content (AvgIpc) is 2.05. The highest BCUT2D eigenvalue weighted by molar-refractivity contribution is 5.77. The minimum atomic E-state index is 0.0874. The topological polar surface area (TPSA) is 58.4 Å². The lowest BCUT2D eigenvalue weighted by atomic mass is 10.4. The molecule has 4 nitrogen and oxygen atoms in total. The van der Waals surface area contributed by atoms with Crippen LogP contribution in [0.5, 0.6) is 0 Å². The SMILES string of the molecule is CCCN(CCN)CC(=O)NCC. The lowest BCUT2D eigenvalue weighted by molar-refractivity contribution is -0.122. The van der Waals surface area contributed by atoms with Gasteiger partial charge in [-0.25, -0.2) is 0 Å². The average molecular weight is 187 g/mol. The third kappa shape index (κ3) is 6.54. The van der Waals surface area contributed by atoms with Gasteiger partial charge in [-0.05, 0) is 19.9 Å². The second kappa shape index (κ2) is 8.01. The quantitative estimate of drug-likeness (QED) is 0.580. The molecule has 0 rings (SSSR count). The molecule has 0 aliphatic rings. The van der Waals surface area contributed by atoms with Gasteiger partial charge in [0.25, 0.3) is 0 Å². The van der Waals surface area contributed by atoms with E-state index < -0.39 is 0 Å². The third-order valence-electron chi connectivity index (χ3n) is 1.73. The van der Waals surface area contributed by atoms with Gasteiger partial charge >= 0.3 is 0 Å². The van der Waals surface area contributed by atoms with Gasteiger partial charge in [0.15, 0.2) is 0 Å². The molecule has 0 radical (unpaired) electrons. The zero-order chi connectivity index (χ0) is 10.1. The molecule has 3 N–H and O–H groups in total. The lowest BCUT2D eigenvalue weighted by Crippen LogP contribution is -2.39. The molecule has 0 atom stereocenters. The molecule has 0 aliphatic carbocycles. The first-order valence-corrected chi connectivity index (χ1v) is 4.93. The van der Waals surface area contributed by atoms with Gasteiger partial charge in [0.05, 0.1) is 6.54 Å². The normalized spacial score (nSPS) is 10.5. The smallest absolute Gasteiger partial charge is 0.234 e. The van der Waals surface area contributed by atoms with E-state index >= 15 is 0 Å². The van der Waals surface area contributed by atoms with E-state index in [0.717, 1.165) is 19.5 Å². The highest BCUT2D eigenvalue weighted by atomic mass is 16.2. The van der Waals surface area contributed by atoms with E-state index in [1.54, 1.807) is 0 Å². The minimum absolute atomic E-state index is 0.0874. The summed E-state index contributed by atoms with van der Waals surface area (Å²) in [6.45, 7) is 7.53. The Morgan fingerprint density at radius 2 is 2.08 bits per heavy atom. The Morgan fingerprint density at radius 3 is 2.54 bits per heavy atom. The third-order valence-corrected chi connectivity index (χ3v) is 1.73. The van der Waals surface area contributed by atoms with Gasteiger partial charge in [0.1, 0.15) is 0 Å². The van der Waals surface area contributed by atoms with Crippen LogP contribution in [-0.4, -0.2) is 43.5 Å². The fourth-order valence-electron chi connectivity index (χ4n) is 1.22. The van der Waals surface area contributed by atoms with Crippen molar-refractivity contribution in [3.63, 3.8) is 0 Å². The first-order valence-electron chi connectivity index (χ1n) is 4.93. The van der Waals surface area contributed by atoms with Gasteiger partial charge < -0.3 is 11.1 Å². The number of nitrogens with one attached hydrogen (secondary N) is 1. The molecule has 13 heavy (non-hydrogen) atoms. The molecule has 0 aromatic rings. The molecule has 0 aromatic heterocycles. The molecular weight excluding hydrogens is 166 g/mol. The summed E-state index contributed by atoms with van der Waals surface area (Å²) < 4.78 is 0. The number of nitrogens with two attached hydrogens (primary N) is 1. The Hall–Kier alpha value is -0.610. The van der Waals surface area contributed by atoms with Crippen LogP contribution >= 0.6 is 0 Å². The van der Waals surface area contributed by atoms with Crippen molar-refractivity contribution in [3.8, 4) is 0 Å². The van der Waals surface area contributed by atoms with Crippen molar-refractivity contribution in [1.82, 2.24) is 10.2 Å². The summed E-state index contributed by atoms with van der Waals surface area (Å²) in [5.74, 6) is 0.0874. The Labute approximate surface area is 80.5 Å². The Bertz CT molecular complexity index is 133. The molecule has 0 bridgehead atoms. The largest absolute Gasteiger partial charge is 0.355 e. The van der Waals surface area contributed by atoms with E-state index in [0.29, 0.717) is 19.6 Å². The van der Waals surface area contributed by atoms with E-state index in [2.05, 4.69) is 17.1 Å². The number of rotatable bonds is 7. The number of nitrogens with zero attached hydrogens (tertiary/aromatic N) is 1. The molecule has 0 aromatic carbocycles. The number of likely N-dealkylation sites (N-methyl/N-ethyl adjacent to an activating group) is 1. The maximum Gasteiger partial charge on any atom is 0.234 e. The van der Waals surface area contributed by atoms with Crippen LogP contribution in [0.3, 0.4) is 0 Å². The maximum atomic E-state index is 11.2. The van der Waals surface area contributed by atoms with Gasteiger partial charge in [-0.1, -0.05) is 6.92 Å². The summed E-state index contributed by atoms with van der Waals surface area (Å²) in [5.41, 5.74) is 5.44. The van der Waals surface area contributed by atoms with Crippen LogP contribution in [0, 0.1) is 0 Å². The van der Waals surface area contributed by atoms with Crippen LogP contribution < -0.4 is 11.1 Å². The monoisotopic (exact) mass is 187 g/mol. The molecule has 0 fully saturated rings. The van der Waals surface area contributed by atoms with Crippen LogP contribution in [0.1, 0.15) is 20.3 Å². The van der Waals surface area contributed by atoms with Crippen molar-refractivity contribution in [2.45, 2.75) is 20.3 Å². The van der Waals surface area contributed by atoms with Crippen molar-refractivity contribution in [3.05, 3.63) is 0 Å². The number of hydrogen-bond donors (Lipinski definition) is 2. The fraction of sp³-hybridized carbons (Fsp3) is 0.889. The van der Waals surface area contributed by atoms with Crippen LogP contribution in [0.4, 0.5) is 0 Å². The van der Waals surface area contributed by atoms with Crippen molar-refractivity contribution >= 4 is 5.91 Å². The van der Waals surface area contributed by atoms with Gasteiger partial charge in [-0.2, -0.15) is 0 Å². The molecule has 4 heteroatoms. The highest BCUT2D eigenvalue weighted by Gasteiger charge is 2.07. The van der Waals surface area contributed by atoms with Crippen molar-refractivity contribution in [2.75, 3.05) is 32.7 Å². The van der Waals surface area contributed by atoms with Crippen molar-refractivity contribution < 1.29 is 4.79 Å². The summed E-state index contributed by atoms with van der Waals surface area (Å²) in [5, 5.41) is 2.77. The molecule has 0 unspecified atom stereocenters. The van der Waals surface area contributed by atoms with Crippen LogP contribution in [0.25, 0.3) is 0 Å². The maximum absolute atomic E-state index is 11.2. The zero-order valence-electron chi connectivity index (χ0n) is 8.68. The second-order valence-corrected chi connectivity index (χ2v) is 3.02. The molecule has 0 heterocycles. The highest BCUT2D eigenvalue weighted by Crippen LogP contribution is 1.89. The fourth-order valence-corrected chi connectivity index (χ4v) is 1.22. The number of amides is 1. The van der Waals surface area contributed by atoms with Gasteiger partial charge in [0, 0.05) is 19.6 Å². The number of hydrogen-bond acceptors (Lipinski definition) is 3. The molecule has 78 valence electrons. The standard InChI is InChI=1S/C9H21N3O/c1-3-6-12(7-5-10)8-9(13)11-4-2/h3-8,10H2,1-2H3,(H,11,13). The van der Waals surface area contributed by atoms with E-state index in [1.165, 1.54) is 0 Å². The summed E-state index contributed by atoms with van der Waals surface area (Å²) in [4.78, 5) is 13.3. The Kier molecular flexibility index (Phi) is 7.63. The van der Waals surface area contributed by atoms with E-state index in [4.69, 9.17) is 5.73 Å². The van der Waals surface area contributed by atoms with Crippen LogP contribution in [-0.2, 0) is 4.79 Å². The van der Waals surface area contributed by atoms with E-state index in [-0.39, 0.29) is 5.91 Å². The van der Waals surface area contributed by atoms with Crippen molar-refractivity contribution in [1.29, 1.82) is 0 Å². The summed E-state index contributed by atoms with van der Waals surface area (Å²) >= 11 is 0. The second-order valence-electron chi connectivity index (χ2n) is 3.02. The molecule has 0 saturated heterocycles. The van der Waals surface area contributed by atoms with Crippen LogP contribution in [0.2, 0.25) is 0 Å². The number of carbonyl (C=O) groups excluding carboxylic acids is 1. The minimum Gasteiger partial charge on any atom is -0.355 e. The number of carbonyl (C=O) groups is 1. The Balaban J connectivity index is 3.71. The van der Waals surface area contributed by atoms with Gasteiger partial charge in [-0.15, -0.1) is 0 Å². The lowest BCUT2D eigenvalue weighted by Gasteiger charge is -2.19. The zero-order valence-corrected chi connectivity index (χ0v) is 8.68. The molecule has 0 saturated carbocycles. The summed E-state index contributed by atoms with van der Waals surface area (Å²) in [7, 11) is 0. The summed E-state index contributed by atoms with van der Waals surface area (Å²) in [6, 6.07) is 0. The first kappa shape index (κ1) is 12.4. The van der Waals surface area contributed by atoms with Gasteiger partial charge in [-0.3, -0.25) is 9.69 Å². The van der Waals surface area contributed by atoms with E-state index in [1.807, 2.05) is 6.92 Å². The van der Waals surface area contributed by atoms with E-state index in [9.17, 15) is 4.79 Å². The molecule has 0 spiro atoms.